The SMILES string of the molecule is Cc1cc(I)cc(C)c1OCC(=O)N/N=C\c1cc(O)ccc1Br. The molecule has 7 heteroatoms. The van der Waals surface area contributed by atoms with Gasteiger partial charge in [-0.1, -0.05) is 15.9 Å². The van der Waals surface area contributed by atoms with Crippen molar-refractivity contribution in [1.29, 1.82) is 0 Å². The zero-order valence-electron chi connectivity index (χ0n) is 13.1. The van der Waals surface area contributed by atoms with Crippen LogP contribution in [0.3, 0.4) is 0 Å². The molecular weight excluding hydrogens is 487 g/mol. The summed E-state index contributed by atoms with van der Waals surface area (Å²) in [5, 5.41) is 13.3. The fourth-order valence-corrected chi connectivity index (χ4v) is 3.38. The number of hydrazone groups is 1. The topological polar surface area (TPSA) is 70.9 Å². The normalized spacial score (nSPS) is 10.8. The Kier molecular flexibility index (Phi) is 6.61. The number of carbonyl (C=O) groups excluding carboxylic acids is 1. The van der Waals surface area contributed by atoms with Crippen molar-refractivity contribution in [3.63, 3.8) is 0 Å². The second-order valence-electron chi connectivity index (χ2n) is 5.16. The van der Waals surface area contributed by atoms with Gasteiger partial charge in [-0.3, -0.25) is 4.79 Å². The molecule has 0 bridgehead atoms. The van der Waals surface area contributed by atoms with Crippen LogP contribution in [0.1, 0.15) is 16.7 Å². The fraction of sp³-hybridized carbons (Fsp3) is 0.176. The van der Waals surface area contributed by atoms with E-state index in [1.165, 1.54) is 12.3 Å². The maximum atomic E-state index is 11.8. The largest absolute Gasteiger partial charge is 0.508 e. The van der Waals surface area contributed by atoms with Gasteiger partial charge >= 0.3 is 0 Å². The van der Waals surface area contributed by atoms with E-state index >= 15 is 0 Å². The Morgan fingerprint density at radius 1 is 1.33 bits per heavy atom. The summed E-state index contributed by atoms with van der Waals surface area (Å²) in [5.74, 6) is 0.476. The molecule has 0 aliphatic heterocycles. The highest BCUT2D eigenvalue weighted by molar-refractivity contribution is 14.1. The lowest BCUT2D eigenvalue weighted by Gasteiger charge is -2.11. The summed E-state index contributed by atoms with van der Waals surface area (Å²) < 4.78 is 7.48. The van der Waals surface area contributed by atoms with Gasteiger partial charge in [-0.2, -0.15) is 5.10 Å². The van der Waals surface area contributed by atoms with Gasteiger partial charge in [-0.05, 0) is 77.9 Å². The van der Waals surface area contributed by atoms with Crippen LogP contribution < -0.4 is 10.2 Å². The van der Waals surface area contributed by atoms with E-state index in [4.69, 9.17) is 4.74 Å². The number of phenolic OH excluding ortho intramolecular Hbond substituents is 1. The molecule has 2 aromatic carbocycles. The molecule has 0 aliphatic carbocycles. The Labute approximate surface area is 162 Å². The summed E-state index contributed by atoms with van der Waals surface area (Å²) in [6, 6.07) is 8.79. The first-order valence-corrected chi connectivity index (χ1v) is 8.94. The van der Waals surface area contributed by atoms with Gasteiger partial charge in [0.05, 0.1) is 6.21 Å². The predicted octanol–water partition coefficient (Wildman–Crippen LogP) is 3.91. The molecule has 0 spiro atoms. The van der Waals surface area contributed by atoms with Crippen molar-refractivity contribution >= 4 is 50.6 Å². The third-order valence-corrected chi connectivity index (χ3v) is 4.49. The van der Waals surface area contributed by atoms with Crippen molar-refractivity contribution in [2.45, 2.75) is 13.8 Å². The Balaban J connectivity index is 1.92. The van der Waals surface area contributed by atoms with Crippen LogP contribution in [-0.2, 0) is 4.79 Å². The lowest BCUT2D eigenvalue weighted by atomic mass is 10.1. The van der Waals surface area contributed by atoms with E-state index in [-0.39, 0.29) is 18.3 Å². The number of amides is 1. The van der Waals surface area contributed by atoms with Crippen LogP contribution in [0, 0.1) is 17.4 Å². The Bertz CT molecular complexity index is 770. The Morgan fingerprint density at radius 3 is 2.67 bits per heavy atom. The molecule has 24 heavy (non-hydrogen) atoms. The molecule has 0 heterocycles. The molecule has 2 N–H and O–H groups in total. The van der Waals surface area contributed by atoms with Gasteiger partial charge in [0.15, 0.2) is 6.61 Å². The molecule has 0 atom stereocenters. The summed E-state index contributed by atoms with van der Waals surface area (Å²) in [6.07, 6.45) is 1.45. The smallest absolute Gasteiger partial charge is 0.277 e. The third-order valence-electron chi connectivity index (χ3n) is 3.15. The quantitative estimate of drug-likeness (QED) is 0.370. The number of nitrogens with one attached hydrogen (secondary N) is 1. The highest BCUT2D eigenvalue weighted by Gasteiger charge is 2.08. The van der Waals surface area contributed by atoms with Crippen LogP contribution in [0.2, 0.25) is 0 Å². The van der Waals surface area contributed by atoms with E-state index in [0.717, 1.165) is 19.2 Å². The number of aryl methyl sites for hydroxylation is 2. The van der Waals surface area contributed by atoms with Crippen LogP contribution in [0.15, 0.2) is 39.9 Å². The van der Waals surface area contributed by atoms with Gasteiger partial charge in [0.1, 0.15) is 11.5 Å². The molecule has 0 unspecified atom stereocenters. The Hall–Kier alpha value is -1.61. The Morgan fingerprint density at radius 2 is 2.00 bits per heavy atom. The molecule has 2 rings (SSSR count). The average molecular weight is 503 g/mol. The van der Waals surface area contributed by atoms with E-state index in [9.17, 15) is 9.90 Å². The number of benzene rings is 2. The monoisotopic (exact) mass is 502 g/mol. The van der Waals surface area contributed by atoms with Gasteiger partial charge in [-0.25, -0.2) is 5.43 Å². The number of halogens is 2. The fourth-order valence-electron chi connectivity index (χ4n) is 2.10. The second kappa shape index (κ2) is 8.48. The van der Waals surface area contributed by atoms with Gasteiger partial charge in [0, 0.05) is 13.6 Å². The minimum Gasteiger partial charge on any atom is -0.508 e. The van der Waals surface area contributed by atoms with Gasteiger partial charge in [0.25, 0.3) is 5.91 Å². The van der Waals surface area contributed by atoms with Crippen LogP contribution in [0.5, 0.6) is 11.5 Å². The summed E-state index contributed by atoms with van der Waals surface area (Å²) in [6.45, 7) is 3.76. The van der Waals surface area contributed by atoms with Crippen LogP contribution in [-0.4, -0.2) is 23.8 Å². The average Bonchev–Trinajstić information content (AvgIpc) is 2.49. The van der Waals surface area contributed by atoms with E-state index < -0.39 is 0 Å². The number of ether oxygens (including phenoxy) is 1. The lowest BCUT2D eigenvalue weighted by molar-refractivity contribution is -0.123. The number of hydrogen-bond acceptors (Lipinski definition) is 4. The van der Waals surface area contributed by atoms with Crippen molar-refractivity contribution in [1.82, 2.24) is 5.43 Å². The molecule has 0 saturated heterocycles. The highest BCUT2D eigenvalue weighted by atomic mass is 127. The standard InChI is InChI=1S/C17H16BrIN2O3/c1-10-5-13(19)6-11(2)17(10)24-9-16(23)21-20-8-12-7-14(22)3-4-15(12)18/h3-8,22H,9H2,1-2H3,(H,21,23)/b20-8-. The van der Waals surface area contributed by atoms with E-state index in [0.29, 0.717) is 11.3 Å². The van der Waals surface area contributed by atoms with Crippen LogP contribution in [0.25, 0.3) is 0 Å². The molecule has 0 aliphatic rings. The highest BCUT2D eigenvalue weighted by Crippen LogP contribution is 2.25. The number of phenols is 1. The maximum absolute atomic E-state index is 11.8. The molecule has 5 nitrogen and oxygen atoms in total. The summed E-state index contributed by atoms with van der Waals surface area (Å²) in [4.78, 5) is 11.8. The molecule has 0 radical (unpaired) electrons. The molecule has 126 valence electrons. The molecule has 0 fully saturated rings. The number of hydrogen-bond donors (Lipinski definition) is 2. The number of nitrogens with zero attached hydrogens (tertiary/aromatic N) is 1. The first kappa shape index (κ1) is 18.7. The van der Waals surface area contributed by atoms with E-state index in [2.05, 4.69) is 49.0 Å². The number of aromatic hydroxyl groups is 1. The molecular formula is C17H16BrIN2O3. The zero-order valence-corrected chi connectivity index (χ0v) is 16.9. The van der Waals surface area contributed by atoms with Crippen molar-refractivity contribution in [3.8, 4) is 11.5 Å². The number of rotatable bonds is 5. The number of carbonyl (C=O) groups is 1. The minimum atomic E-state index is -0.361. The first-order valence-electron chi connectivity index (χ1n) is 7.07. The van der Waals surface area contributed by atoms with E-state index in [1.807, 2.05) is 26.0 Å². The molecule has 0 saturated carbocycles. The van der Waals surface area contributed by atoms with Crippen molar-refractivity contribution in [2.75, 3.05) is 6.61 Å². The van der Waals surface area contributed by atoms with Crippen molar-refractivity contribution in [2.24, 2.45) is 5.10 Å². The summed E-state index contributed by atoms with van der Waals surface area (Å²) >= 11 is 5.58. The predicted molar refractivity (Wildman–Crippen MR) is 106 cm³/mol. The van der Waals surface area contributed by atoms with Crippen molar-refractivity contribution in [3.05, 3.63) is 55.1 Å². The van der Waals surface area contributed by atoms with Gasteiger partial charge in [-0.15, -0.1) is 0 Å². The first-order chi connectivity index (χ1) is 11.4. The second-order valence-corrected chi connectivity index (χ2v) is 7.26. The minimum absolute atomic E-state index is 0.124. The van der Waals surface area contributed by atoms with Gasteiger partial charge < -0.3 is 9.84 Å². The summed E-state index contributed by atoms with van der Waals surface area (Å²) in [7, 11) is 0. The van der Waals surface area contributed by atoms with Crippen molar-refractivity contribution < 1.29 is 14.6 Å². The molecule has 1 amide bonds. The maximum Gasteiger partial charge on any atom is 0.277 e. The zero-order chi connectivity index (χ0) is 17.7. The summed E-state index contributed by atoms with van der Waals surface area (Å²) in [5.41, 5.74) is 5.02. The molecule has 2 aromatic rings. The third kappa shape index (κ3) is 5.20. The lowest BCUT2D eigenvalue weighted by Crippen LogP contribution is -2.25. The van der Waals surface area contributed by atoms with Crippen LogP contribution in [0.4, 0.5) is 0 Å². The molecule has 0 aromatic heterocycles. The van der Waals surface area contributed by atoms with Crippen LogP contribution >= 0.6 is 38.5 Å². The van der Waals surface area contributed by atoms with E-state index in [1.54, 1.807) is 12.1 Å². The van der Waals surface area contributed by atoms with Gasteiger partial charge in [0.2, 0.25) is 0 Å².